The molecule has 2 aromatic rings. The highest BCUT2D eigenvalue weighted by molar-refractivity contribution is 5.51. The van der Waals surface area contributed by atoms with Crippen LogP contribution in [0.25, 0.3) is 11.6 Å². The Bertz CT molecular complexity index is 437. The predicted octanol–water partition coefficient (Wildman–Crippen LogP) is 2.48. The van der Waals surface area contributed by atoms with Gasteiger partial charge in [0, 0.05) is 18.3 Å². The van der Waals surface area contributed by atoms with E-state index < -0.39 is 0 Å². The van der Waals surface area contributed by atoms with E-state index in [4.69, 9.17) is 4.42 Å². The predicted molar refractivity (Wildman–Crippen MR) is 58.6 cm³/mol. The molecule has 2 heterocycles. The second kappa shape index (κ2) is 4.13. The van der Waals surface area contributed by atoms with Crippen molar-refractivity contribution in [1.82, 2.24) is 9.97 Å². The second-order valence-electron chi connectivity index (χ2n) is 3.23. The molecule has 0 radical (unpaired) electrons. The molecule has 0 bridgehead atoms. The molecule has 0 aliphatic rings. The number of aryl methyl sites for hydroxylation is 1. The molecule has 0 atom stereocenters. The summed E-state index contributed by atoms with van der Waals surface area (Å²) in [5.74, 6) is 2.14. The molecule has 0 spiro atoms. The van der Waals surface area contributed by atoms with Gasteiger partial charge in [0.15, 0.2) is 11.6 Å². The Balaban J connectivity index is 2.40. The molecule has 0 aliphatic heterocycles. The maximum Gasteiger partial charge on any atom is 0.197 e. The highest BCUT2D eigenvalue weighted by Crippen LogP contribution is 2.17. The van der Waals surface area contributed by atoms with Crippen LogP contribution in [0, 0.1) is 6.92 Å². The van der Waals surface area contributed by atoms with E-state index in [0.717, 1.165) is 18.1 Å². The minimum atomic E-state index is 0.621. The first-order valence-electron chi connectivity index (χ1n) is 4.93. The highest BCUT2D eigenvalue weighted by atomic mass is 16.3. The standard InChI is InChI=1S/C11H13N3O/c1-3-12-10-7-8(2)13-11(14-10)9-5-4-6-15-9/h4-7H,3H2,1-2H3,(H,12,13,14). The van der Waals surface area contributed by atoms with Gasteiger partial charge in [0.2, 0.25) is 0 Å². The molecule has 0 aliphatic carbocycles. The Morgan fingerprint density at radius 2 is 2.27 bits per heavy atom. The maximum absolute atomic E-state index is 5.25. The second-order valence-corrected chi connectivity index (χ2v) is 3.23. The smallest absolute Gasteiger partial charge is 0.197 e. The topological polar surface area (TPSA) is 51.0 Å². The van der Waals surface area contributed by atoms with Crippen LogP contribution in [0.4, 0.5) is 5.82 Å². The van der Waals surface area contributed by atoms with E-state index in [2.05, 4.69) is 15.3 Å². The lowest BCUT2D eigenvalue weighted by Crippen LogP contribution is -2.02. The van der Waals surface area contributed by atoms with Crippen LogP contribution in [0.15, 0.2) is 28.9 Å². The molecule has 4 nitrogen and oxygen atoms in total. The van der Waals surface area contributed by atoms with Gasteiger partial charge >= 0.3 is 0 Å². The van der Waals surface area contributed by atoms with Crippen molar-refractivity contribution in [2.24, 2.45) is 0 Å². The van der Waals surface area contributed by atoms with Crippen molar-refractivity contribution in [3.05, 3.63) is 30.2 Å². The average molecular weight is 203 g/mol. The van der Waals surface area contributed by atoms with Crippen molar-refractivity contribution in [2.75, 3.05) is 11.9 Å². The number of nitrogens with one attached hydrogen (secondary N) is 1. The summed E-state index contributed by atoms with van der Waals surface area (Å²) in [4.78, 5) is 8.66. The normalized spacial score (nSPS) is 10.3. The van der Waals surface area contributed by atoms with Gasteiger partial charge in [-0.25, -0.2) is 9.97 Å². The molecule has 0 unspecified atom stereocenters. The van der Waals surface area contributed by atoms with Crippen molar-refractivity contribution < 1.29 is 4.42 Å². The summed E-state index contributed by atoms with van der Waals surface area (Å²) >= 11 is 0. The fourth-order valence-electron chi connectivity index (χ4n) is 1.36. The van der Waals surface area contributed by atoms with Crippen molar-refractivity contribution in [3.63, 3.8) is 0 Å². The largest absolute Gasteiger partial charge is 0.461 e. The number of hydrogen-bond donors (Lipinski definition) is 1. The lowest BCUT2D eigenvalue weighted by molar-refractivity contribution is 0.577. The fraction of sp³-hybridized carbons (Fsp3) is 0.273. The highest BCUT2D eigenvalue weighted by Gasteiger charge is 2.06. The van der Waals surface area contributed by atoms with Gasteiger partial charge in [0.05, 0.1) is 6.26 Å². The van der Waals surface area contributed by atoms with Crippen molar-refractivity contribution in [2.45, 2.75) is 13.8 Å². The van der Waals surface area contributed by atoms with Gasteiger partial charge in [0.1, 0.15) is 5.82 Å². The summed E-state index contributed by atoms with van der Waals surface area (Å²) in [5, 5.41) is 3.16. The Hall–Kier alpha value is -1.84. The third kappa shape index (κ3) is 2.15. The Labute approximate surface area is 88.4 Å². The summed E-state index contributed by atoms with van der Waals surface area (Å²) in [7, 11) is 0. The van der Waals surface area contributed by atoms with Gasteiger partial charge in [-0.2, -0.15) is 0 Å². The molecule has 4 heteroatoms. The first-order valence-corrected chi connectivity index (χ1v) is 4.93. The summed E-state index contributed by atoms with van der Waals surface area (Å²) in [6.07, 6.45) is 1.62. The van der Waals surface area contributed by atoms with Crippen LogP contribution in [-0.2, 0) is 0 Å². The van der Waals surface area contributed by atoms with E-state index in [0.29, 0.717) is 11.6 Å². The zero-order chi connectivity index (χ0) is 10.7. The quantitative estimate of drug-likeness (QED) is 0.832. The van der Waals surface area contributed by atoms with Gasteiger partial charge in [0.25, 0.3) is 0 Å². The molecular weight excluding hydrogens is 190 g/mol. The van der Waals surface area contributed by atoms with Crippen LogP contribution in [0.1, 0.15) is 12.6 Å². The lowest BCUT2D eigenvalue weighted by Gasteiger charge is -2.04. The van der Waals surface area contributed by atoms with E-state index in [-0.39, 0.29) is 0 Å². The minimum absolute atomic E-state index is 0.621. The Morgan fingerprint density at radius 3 is 2.93 bits per heavy atom. The van der Waals surface area contributed by atoms with E-state index in [1.807, 2.05) is 32.0 Å². The first-order chi connectivity index (χ1) is 7.29. The van der Waals surface area contributed by atoms with Crippen LogP contribution >= 0.6 is 0 Å². The van der Waals surface area contributed by atoms with E-state index in [9.17, 15) is 0 Å². The third-order valence-electron chi connectivity index (χ3n) is 1.95. The number of hydrogen-bond acceptors (Lipinski definition) is 4. The molecule has 0 amide bonds. The van der Waals surface area contributed by atoms with Gasteiger partial charge in [-0.15, -0.1) is 0 Å². The van der Waals surface area contributed by atoms with Gasteiger partial charge in [-0.3, -0.25) is 0 Å². The average Bonchev–Trinajstić information content (AvgIpc) is 2.70. The maximum atomic E-state index is 5.25. The number of furan rings is 1. The monoisotopic (exact) mass is 203 g/mol. The summed E-state index contributed by atoms with van der Waals surface area (Å²) in [6.45, 7) is 4.81. The number of anilines is 1. The Morgan fingerprint density at radius 1 is 1.40 bits per heavy atom. The zero-order valence-electron chi connectivity index (χ0n) is 8.82. The number of rotatable bonds is 3. The zero-order valence-corrected chi connectivity index (χ0v) is 8.82. The minimum Gasteiger partial charge on any atom is -0.461 e. The molecule has 15 heavy (non-hydrogen) atoms. The summed E-state index contributed by atoms with van der Waals surface area (Å²) in [6, 6.07) is 5.59. The summed E-state index contributed by atoms with van der Waals surface area (Å²) in [5.41, 5.74) is 0.923. The van der Waals surface area contributed by atoms with Crippen LogP contribution in [0.3, 0.4) is 0 Å². The number of nitrogens with zero attached hydrogens (tertiary/aromatic N) is 2. The molecule has 2 aromatic heterocycles. The molecule has 1 N–H and O–H groups in total. The first kappa shape index (κ1) is 9.71. The summed E-state index contributed by atoms with van der Waals surface area (Å²) < 4.78 is 5.25. The lowest BCUT2D eigenvalue weighted by atomic mass is 10.3. The van der Waals surface area contributed by atoms with Crippen LogP contribution in [0.2, 0.25) is 0 Å². The van der Waals surface area contributed by atoms with Crippen LogP contribution in [-0.4, -0.2) is 16.5 Å². The molecule has 0 saturated carbocycles. The van der Waals surface area contributed by atoms with Gasteiger partial charge in [-0.1, -0.05) is 0 Å². The Kier molecular flexibility index (Phi) is 2.67. The van der Waals surface area contributed by atoms with E-state index in [1.165, 1.54) is 0 Å². The van der Waals surface area contributed by atoms with Gasteiger partial charge in [-0.05, 0) is 26.0 Å². The molecule has 0 aromatic carbocycles. The van der Waals surface area contributed by atoms with Crippen molar-refractivity contribution in [1.29, 1.82) is 0 Å². The van der Waals surface area contributed by atoms with Crippen molar-refractivity contribution >= 4 is 5.82 Å². The fourth-order valence-corrected chi connectivity index (χ4v) is 1.36. The SMILES string of the molecule is CCNc1cc(C)nc(-c2ccco2)n1. The molecule has 2 rings (SSSR count). The van der Waals surface area contributed by atoms with Crippen molar-refractivity contribution in [3.8, 4) is 11.6 Å². The van der Waals surface area contributed by atoms with Crippen LogP contribution < -0.4 is 5.32 Å². The number of aromatic nitrogens is 2. The van der Waals surface area contributed by atoms with E-state index in [1.54, 1.807) is 6.26 Å². The molecule has 0 saturated heterocycles. The van der Waals surface area contributed by atoms with E-state index >= 15 is 0 Å². The van der Waals surface area contributed by atoms with Gasteiger partial charge < -0.3 is 9.73 Å². The molecular formula is C11H13N3O. The molecule has 78 valence electrons. The molecule has 0 fully saturated rings. The third-order valence-corrected chi connectivity index (χ3v) is 1.95. The van der Waals surface area contributed by atoms with Crippen LogP contribution in [0.5, 0.6) is 0 Å².